The van der Waals surface area contributed by atoms with Gasteiger partial charge in [-0.3, -0.25) is 9.69 Å². The number of rotatable bonds is 4. The number of urea groups is 1. The third kappa shape index (κ3) is 3.62. The first-order chi connectivity index (χ1) is 16.0. The Kier molecular flexibility index (Phi) is 5.50. The lowest BCUT2D eigenvalue weighted by molar-refractivity contribution is -0.123. The maximum atomic E-state index is 14.0. The van der Waals surface area contributed by atoms with Crippen LogP contribution in [0.5, 0.6) is 5.75 Å². The monoisotopic (exact) mass is 459 g/mol. The fourth-order valence-electron chi connectivity index (χ4n) is 4.47. The number of carbonyl (C=O) groups excluding carboxylic acids is 2. The lowest BCUT2D eigenvalue weighted by Gasteiger charge is -2.33. The summed E-state index contributed by atoms with van der Waals surface area (Å²) in [4.78, 5) is 29.8. The van der Waals surface area contributed by atoms with E-state index in [-0.39, 0.29) is 11.9 Å². The molecule has 1 atom stereocenters. The summed E-state index contributed by atoms with van der Waals surface area (Å²) in [5.41, 5.74) is 4.46. The second kappa shape index (κ2) is 8.48. The van der Waals surface area contributed by atoms with Gasteiger partial charge in [-0.15, -0.1) is 11.8 Å². The number of fused-ring (bicyclic) bond motifs is 2. The van der Waals surface area contributed by atoms with Crippen LogP contribution in [-0.4, -0.2) is 36.2 Å². The van der Waals surface area contributed by atoms with E-state index in [1.54, 1.807) is 16.9 Å². The molecule has 1 fully saturated rings. The molecule has 5 rings (SSSR count). The maximum absolute atomic E-state index is 14.0. The van der Waals surface area contributed by atoms with E-state index in [2.05, 4.69) is 5.32 Å². The van der Waals surface area contributed by atoms with Crippen molar-refractivity contribution in [3.63, 3.8) is 0 Å². The molecular weight excluding hydrogens is 434 g/mol. The summed E-state index contributed by atoms with van der Waals surface area (Å²) in [5, 5.41) is 2.98. The number of thioether (sulfide) groups is 1. The number of hydrogen-bond acceptors (Lipinski definition) is 4. The normalized spacial score (nSPS) is 19.2. The number of anilines is 2. The molecule has 33 heavy (non-hydrogen) atoms. The van der Waals surface area contributed by atoms with Crippen molar-refractivity contribution in [2.75, 3.05) is 29.6 Å². The molecular formula is C26H25N3O3S. The number of ether oxygens (including phenoxy) is 1. The smallest absolute Gasteiger partial charge is 0.323 e. The van der Waals surface area contributed by atoms with Crippen molar-refractivity contribution < 1.29 is 14.3 Å². The molecule has 2 aliphatic heterocycles. The van der Waals surface area contributed by atoms with Gasteiger partial charge in [0.05, 0.1) is 19.3 Å². The zero-order chi connectivity index (χ0) is 23.0. The summed E-state index contributed by atoms with van der Waals surface area (Å²) in [5.74, 6) is 1.23. The van der Waals surface area contributed by atoms with E-state index in [0.717, 1.165) is 22.4 Å². The third-order valence-corrected chi connectivity index (χ3v) is 7.55. The fraction of sp³-hybridized carbons (Fsp3) is 0.231. The van der Waals surface area contributed by atoms with Crippen molar-refractivity contribution in [3.05, 3.63) is 89.5 Å². The van der Waals surface area contributed by atoms with Crippen LogP contribution < -0.4 is 15.0 Å². The van der Waals surface area contributed by atoms with Gasteiger partial charge in [0.25, 0.3) is 5.91 Å². The lowest BCUT2D eigenvalue weighted by Crippen LogP contribution is -2.51. The van der Waals surface area contributed by atoms with E-state index < -0.39 is 4.87 Å². The minimum Gasteiger partial charge on any atom is -0.497 e. The highest BCUT2D eigenvalue weighted by Gasteiger charge is 2.59. The first-order valence-electron chi connectivity index (χ1n) is 10.9. The molecule has 3 amide bonds. The van der Waals surface area contributed by atoms with E-state index in [1.807, 2.05) is 79.7 Å². The van der Waals surface area contributed by atoms with Gasteiger partial charge in [-0.2, -0.15) is 0 Å². The number of carbonyl (C=O) groups is 2. The van der Waals surface area contributed by atoms with Crippen LogP contribution in [0.3, 0.4) is 0 Å². The second-order valence-electron chi connectivity index (χ2n) is 8.20. The Morgan fingerprint density at radius 3 is 2.58 bits per heavy atom. The molecule has 168 valence electrons. The summed E-state index contributed by atoms with van der Waals surface area (Å²) in [6.45, 7) is 2.92. The summed E-state index contributed by atoms with van der Waals surface area (Å²) in [7, 11) is 1.61. The van der Waals surface area contributed by atoms with E-state index in [0.29, 0.717) is 30.3 Å². The summed E-state index contributed by atoms with van der Waals surface area (Å²) in [6.07, 6.45) is 0. The van der Waals surface area contributed by atoms with Crippen molar-refractivity contribution >= 4 is 35.1 Å². The van der Waals surface area contributed by atoms with Crippen LogP contribution in [0.1, 0.15) is 16.7 Å². The Bertz CT molecular complexity index is 1200. The SMILES string of the molecule is COc1ccc2c(c1)C1(SCCN1C(=O)Nc1ccc(C)cc1)C(=O)N2Cc1ccccc1. The van der Waals surface area contributed by atoms with Gasteiger partial charge in [0.1, 0.15) is 5.75 Å². The molecule has 2 heterocycles. The van der Waals surface area contributed by atoms with E-state index in [9.17, 15) is 9.59 Å². The van der Waals surface area contributed by atoms with Gasteiger partial charge in [-0.1, -0.05) is 48.0 Å². The maximum Gasteiger partial charge on any atom is 0.323 e. The van der Waals surface area contributed by atoms with E-state index in [4.69, 9.17) is 4.74 Å². The van der Waals surface area contributed by atoms with E-state index >= 15 is 0 Å². The molecule has 1 saturated heterocycles. The average molecular weight is 460 g/mol. The molecule has 2 aliphatic rings. The van der Waals surface area contributed by atoms with Gasteiger partial charge < -0.3 is 15.0 Å². The number of aryl methyl sites for hydroxylation is 1. The molecule has 1 spiro atoms. The van der Waals surface area contributed by atoms with Gasteiger partial charge >= 0.3 is 6.03 Å². The highest BCUT2D eigenvalue weighted by Crippen LogP contribution is 2.55. The lowest BCUT2D eigenvalue weighted by atomic mass is 10.1. The number of nitrogens with one attached hydrogen (secondary N) is 1. The molecule has 1 N–H and O–H groups in total. The minimum atomic E-state index is -1.12. The first-order valence-corrected chi connectivity index (χ1v) is 11.8. The Morgan fingerprint density at radius 2 is 1.85 bits per heavy atom. The van der Waals surface area contributed by atoms with Crippen LogP contribution in [0.25, 0.3) is 0 Å². The molecule has 3 aromatic rings. The standard InChI is InChI=1S/C26H25N3O3S/c1-18-8-10-20(11-9-18)27-25(31)29-14-15-33-26(29)22-16-21(32-2)12-13-23(22)28(24(26)30)17-19-6-4-3-5-7-19/h3-13,16H,14-15,17H2,1-2H3,(H,27,31). The average Bonchev–Trinajstić information content (AvgIpc) is 3.38. The Balaban J connectivity index is 1.54. The van der Waals surface area contributed by atoms with E-state index in [1.165, 1.54) is 11.8 Å². The summed E-state index contributed by atoms with van der Waals surface area (Å²) in [6, 6.07) is 22.9. The highest BCUT2D eigenvalue weighted by atomic mass is 32.2. The Labute approximate surface area is 197 Å². The molecule has 0 aromatic heterocycles. The van der Waals surface area contributed by atoms with Crippen LogP contribution in [-0.2, 0) is 16.2 Å². The predicted octanol–water partition coefficient (Wildman–Crippen LogP) is 4.98. The molecule has 1 unspecified atom stereocenters. The number of nitrogens with zero attached hydrogens (tertiary/aromatic N) is 2. The summed E-state index contributed by atoms with van der Waals surface area (Å²) < 4.78 is 5.48. The Hall–Kier alpha value is -3.45. The topological polar surface area (TPSA) is 61.9 Å². The molecule has 0 bridgehead atoms. The number of benzene rings is 3. The van der Waals surface area contributed by atoms with Crippen LogP contribution in [0.15, 0.2) is 72.8 Å². The largest absolute Gasteiger partial charge is 0.497 e. The molecule has 7 heteroatoms. The third-order valence-electron chi connectivity index (χ3n) is 6.13. The molecule has 0 radical (unpaired) electrons. The van der Waals surface area contributed by atoms with Crippen molar-refractivity contribution in [3.8, 4) is 5.75 Å². The van der Waals surface area contributed by atoms with Gasteiger partial charge in [0.2, 0.25) is 0 Å². The van der Waals surface area contributed by atoms with Crippen molar-refractivity contribution in [2.24, 2.45) is 0 Å². The van der Waals surface area contributed by atoms with Crippen LogP contribution in [0, 0.1) is 6.92 Å². The first kappa shape index (κ1) is 21.4. The van der Waals surface area contributed by atoms with Crippen molar-refractivity contribution in [2.45, 2.75) is 18.3 Å². The fourth-order valence-corrected chi connectivity index (χ4v) is 5.92. The molecule has 6 nitrogen and oxygen atoms in total. The van der Waals surface area contributed by atoms with Crippen molar-refractivity contribution in [1.82, 2.24) is 4.90 Å². The summed E-state index contributed by atoms with van der Waals surface area (Å²) >= 11 is 1.50. The van der Waals surface area contributed by atoms with Crippen molar-refractivity contribution in [1.29, 1.82) is 0 Å². The van der Waals surface area contributed by atoms with Crippen LogP contribution in [0.2, 0.25) is 0 Å². The van der Waals surface area contributed by atoms with Crippen LogP contribution in [0.4, 0.5) is 16.2 Å². The van der Waals surface area contributed by atoms with Gasteiger partial charge in [-0.25, -0.2) is 4.79 Å². The van der Waals surface area contributed by atoms with Gasteiger partial charge in [-0.05, 0) is 42.8 Å². The quantitative estimate of drug-likeness (QED) is 0.598. The zero-order valence-corrected chi connectivity index (χ0v) is 19.4. The minimum absolute atomic E-state index is 0.101. The number of amides is 3. The molecule has 0 saturated carbocycles. The molecule has 3 aromatic carbocycles. The second-order valence-corrected chi connectivity index (χ2v) is 9.49. The van der Waals surface area contributed by atoms with Gasteiger partial charge in [0, 0.05) is 23.5 Å². The molecule has 0 aliphatic carbocycles. The zero-order valence-electron chi connectivity index (χ0n) is 18.6. The predicted molar refractivity (Wildman–Crippen MR) is 132 cm³/mol. The van der Waals surface area contributed by atoms with Crippen LogP contribution >= 0.6 is 11.8 Å². The number of methoxy groups -OCH3 is 1. The van der Waals surface area contributed by atoms with Gasteiger partial charge in [0.15, 0.2) is 4.87 Å². The number of hydrogen-bond donors (Lipinski definition) is 1. The highest BCUT2D eigenvalue weighted by molar-refractivity contribution is 8.01. The Morgan fingerprint density at radius 1 is 1.09 bits per heavy atom.